The maximum absolute atomic E-state index is 15.2. The standard InChI is InChI=1S/C30H22F2N6O3/c1-17-9-24(30(40)38(16-17)22-6-3-20(31)4-7-22)29(39)36-21-5-8-27(25(32)11-21)41-28-10-18-15-35-37(2)26(18)12-23(28)19-13-33-34-14-19/h3-16H,1-2H3,(H,33,34)(H,36,39). The molecule has 0 saturated heterocycles. The van der Waals surface area contributed by atoms with Crippen molar-refractivity contribution in [2.75, 3.05) is 5.32 Å². The third-order valence-corrected chi connectivity index (χ3v) is 6.57. The molecular formula is C30H22F2N6O3. The van der Waals surface area contributed by atoms with Crippen molar-refractivity contribution in [2.45, 2.75) is 6.92 Å². The van der Waals surface area contributed by atoms with Gasteiger partial charge in [-0.2, -0.15) is 10.2 Å². The van der Waals surface area contributed by atoms with Gasteiger partial charge in [-0.15, -0.1) is 0 Å². The Morgan fingerprint density at radius 2 is 1.80 bits per heavy atom. The number of nitrogens with one attached hydrogen (secondary N) is 2. The summed E-state index contributed by atoms with van der Waals surface area (Å²) in [7, 11) is 1.82. The molecule has 0 aliphatic carbocycles. The number of aromatic nitrogens is 5. The zero-order valence-electron chi connectivity index (χ0n) is 21.9. The summed E-state index contributed by atoms with van der Waals surface area (Å²) in [6, 6.07) is 14.4. The Labute approximate surface area is 231 Å². The van der Waals surface area contributed by atoms with Crippen LogP contribution in [0.1, 0.15) is 15.9 Å². The molecule has 1 amide bonds. The van der Waals surface area contributed by atoms with Gasteiger partial charge < -0.3 is 10.1 Å². The summed E-state index contributed by atoms with van der Waals surface area (Å²) in [5, 5.41) is 14.4. The van der Waals surface area contributed by atoms with Crippen molar-refractivity contribution in [1.29, 1.82) is 0 Å². The number of halogens is 2. The number of carbonyl (C=O) groups is 1. The number of carbonyl (C=O) groups excluding carboxylic acids is 1. The predicted molar refractivity (Wildman–Crippen MR) is 149 cm³/mol. The zero-order chi connectivity index (χ0) is 28.7. The third-order valence-electron chi connectivity index (χ3n) is 6.57. The molecule has 0 bridgehead atoms. The van der Waals surface area contributed by atoms with Crippen molar-refractivity contribution in [1.82, 2.24) is 24.5 Å². The van der Waals surface area contributed by atoms with Crippen molar-refractivity contribution in [2.24, 2.45) is 7.05 Å². The first-order valence-electron chi connectivity index (χ1n) is 12.5. The fraction of sp³-hybridized carbons (Fsp3) is 0.0667. The number of ether oxygens (including phenoxy) is 1. The lowest BCUT2D eigenvalue weighted by Gasteiger charge is -2.13. The molecule has 41 heavy (non-hydrogen) atoms. The van der Waals surface area contributed by atoms with Gasteiger partial charge in [-0.1, -0.05) is 0 Å². The summed E-state index contributed by atoms with van der Waals surface area (Å²) in [4.78, 5) is 26.1. The van der Waals surface area contributed by atoms with Crippen molar-refractivity contribution in [3.63, 3.8) is 0 Å². The van der Waals surface area contributed by atoms with Crippen molar-refractivity contribution in [3.05, 3.63) is 119 Å². The van der Waals surface area contributed by atoms with Crippen LogP contribution in [0, 0.1) is 18.6 Å². The summed E-state index contributed by atoms with van der Waals surface area (Å²) in [6.07, 6.45) is 6.58. The van der Waals surface area contributed by atoms with E-state index < -0.39 is 23.1 Å². The van der Waals surface area contributed by atoms with Crippen LogP contribution in [-0.4, -0.2) is 30.5 Å². The highest BCUT2D eigenvalue weighted by molar-refractivity contribution is 6.04. The maximum atomic E-state index is 15.2. The lowest BCUT2D eigenvalue weighted by Crippen LogP contribution is -2.28. The first-order valence-corrected chi connectivity index (χ1v) is 12.5. The van der Waals surface area contributed by atoms with E-state index in [2.05, 4.69) is 20.6 Å². The van der Waals surface area contributed by atoms with Gasteiger partial charge >= 0.3 is 0 Å². The minimum absolute atomic E-state index is 0.0646. The van der Waals surface area contributed by atoms with Crippen LogP contribution in [0.5, 0.6) is 11.5 Å². The van der Waals surface area contributed by atoms with Crippen molar-refractivity contribution >= 4 is 22.5 Å². The van der Waals surface area contributed by atoms with Gasteiger partial charge in [-0.05, 0) is 67.1 Å². The lowest BCUT2D eigenvalue weighted by atomic mass is 10.1. The number of nitrogens with zero attached hydrogens (tertiary/aromatic N) is 4. The van der Waals surface area contributed by atoms with Gasteiger partial charge in [0.2, 0.25) is 0 Å². The quantitative estimate of drug-likeness (QED) is 0.274. The normalized spacial score (nSPS) is 11.1. The van der Waals surface area contributed by atoms with Crippen LogP contribution in [-0.2, 0) is 7.05 Å². The molecule has 0 unspecified atom stereocenters. The van der Waals surface area contributed by atoms with E-state index in [1.54, 1.807) is 42.5 Å². The first kappa shape index (κ1) is 25.7. The van der Waals surface area contributed by atoms with Gasteiger partial charge in [0.1, 0.15) is 17.1 Å². The Balaban J connectivity index is 1.28. The average molecular weight is 553 g/mol. The summed E-state index contributed by atoms with van der Waals surface area (Å²) in [5.74, 6) is -1.56. The number of anilines is 1. The molecule has 0 aliphatic rings. The van der Waals surface area contributed by atoms with E-state index in [0.717, 1.165) is 22.5 Å². The highest BCUT2D eigenvalue weighted by Crippen LogP contribution is 2.37. The molecule has 2 N–H and O–H groups in total. The summed E-state index contributed by atoms with van der Waals surface area (Å²) in [5.41, 5.74) is 2.71. The number of pyridine rings is 1. The van der Waals surface area contributed by atoms with Crippen LogP contribution in [0.4, 0.5) is 14.5 Å². The van der Waals surface area contributed by atoms with Gasteiger partial charge in [0.15, 0.2) is 11.6 Å². The van der Waals surface area contributed by atoms with Gasteiger partial charge in [-0.3, -0.25) is 23.9 Å². The third kappa shape index (κ3) is 4.96. The maximum Gasteiger partial charge on any atom is 0.267 e. The molecule has 6 rings (SSSR count). The topological polar surface area (TPSA) is 107 Å². The Morgan fingerprint density at radius 3 is 2.54 bits per heavy atom. The van der Waals surface area contributed by atoms with Gasteiger partial charge in [-0.25, -0.2) is 8.78 Å². The molecule has 0 saturated carbocycles. The molecule has 0 radical (unpaired) electrons. The lowest BCUT2D eigenvalue weighted by molar-refractivity contribution is 0.102. The van der Waals surface area contributed by atoms with E-state index in [-0.39, 0.29) is 17.0 Å². The van der Waals surface area contributed by atoms with Crippen molar-refractivity contribution in [3.8, 4) is 28.3 Å². The molecular weight excluding hydrogens is 530 g/mol. The molecule has 3 aromatic carbocycles. The molecule has 0 spiro atoms. The van der Waals surface area contributed by atoms with Crippen LogP contribution >= 0.6 is 0 Å². The second kappa shape index (κ2) is 10.2. The molecule has 6 aromatic rings. The number of aromatic amines is 1. The van der Waals surface area contributed by atoms with E-state index in [9.17, 15) is 14.0 Å². The summed E-state index contributed by atoms with van der Waals surface area (Å²) < 4.78 is 37.6. The van der Waals surface area contributed by atoms with E-state index in [0.29, 0.717) is 22.6 Å². The summed E-state index contributed by atoms with van der Waals surface area (Å²) in [6.45, 7) is 1.72. The zero-order valence-corrected chi connectivity index (χ0v) is 21.9. The largest absolute Gasteiger partial charge is 0.454 e. The number of H-pyrrole nitrogens is 1. The van der Waals surface area contributed by atoms with Gasteiger partial charge in [0.05, 0.1) is 17.9 Å². The average Bonchev–Trinajstić information content (AvgIpc) is 3.61. The van der Waals surface area contributed by atoms with Crippen LogP contribution < -0.4 is 15.6 Å². The Bertz CT molecular complexity index is 1980. The smallest absolute Gasteiger partial charge is 0.267 e. The SMILES string of the molecule is Cc1cc(C(=O)Nc2ccc(Oc3cc4cnn(C)c4cc3-c3cn[nH]c3)c(F)c2)c(=O)n(-c2ccc(F)cc2)c1. The minimum Gasteiger partial charge on any atom is -0.454 e. The highest BCUT2D eigenvalue weighted by Gasteiger charge is 2.18. The van der Waals surface area contributed by atoms with Crippen LogP contribution in [0.25, 0.3) is 27.7 Å². The second-order valence-electron chi connectivity index (χ2n) is 9.45. The van der Waals surface area contributed by atoms with Gasteiger partial charge in [0, 0.05) is 53.4 Å². The van der Waals surface area contributed by atoms with Gasteiger partial charge in [0.25, 0.3) is 11.5 Å². The Hall–Kier alpha value is -5.58. The monoisotopic (exact) mass is 552 g/mol. The van der Waals surface area contributed by atoms with Crippen LogP contribution in [0.3, 0.4) is 0 Å². The minimum atomic E-state index is -0.722. The molecule has 3 heterocycles. The molecule has 3 aromatic heterocycles. The fourth-order valence-electron chi connectivity index (χ4n) is 4.54. The predicted octanol–water partition coefficient (Wildman–Crippen LogP) is 5.75. The van der Waals surface area contributed by atoms with E-state index in [4.69, 9.17) is 4.74 Å². The molecule has 0 fully saturated rings. The molecule has 204 valence electrons. The van der Waals surface area contributed by atoms with E-state index in [1.807, 2.05) is 13.1 Å². The number of amides is 1. The molecule has 9 nitrogen and oxygen atoms in total. The van der Waals surface area contributed by atoms with Crippen LogP contribution in [0.15, 0.2) is 90.2 Å². The number of aryl methyl sites for hydroxylation is 2. The summed E-state index contributed by atoms with van der Waals surface area (Å²) >= 11 is 0. The number of hydrogen-bond acceptors (Lipinski definition) is 5. The second-order valence-corrected chi connectivity index (χ2v) is 9.45. The molecule has 0 aliphatic heterocycles. The number of rotatable bonds is 6. The highest BCUT2D eigenvalue weighted by atomic mass is 19.1. The first-order chi connectivity index (χ1) is 19.8. The van der Waals surface area contributed by atoms with E-state index in [1.165, 1.54) is 47.0 Å². The number of fused-ring (bicyclic) bond motifs is 1. The number of benzene rings is 3. The Kier molecular flexibility index (Phi) is 6.38. The molecule has 11 heteroatoms. The molecule has 0 atom stereocenters. The Morgan fingerprint density at radius 1 is 1.00 bits per heavy atom. The fourth-order valence-corrected chi connectivity index (χ4v) is 4.54. The van der Waals surface area contributed by atoms with E-state index >= 15 is 4.39 Å². The van der Waals surface area contributed by atoms with Crippen molar-refractivity contribution < 1.29 is 18.3 Å². The number of hydrogen-bond donors (Lipinski definition) is 2. The van der Waals surface area contributed by atoms with Crippen LogP contribution in [0.2, 0.25) is 0 Å².